The van der Waals surface area contributed by atoms with Gasteiger partial charge in [0.05, 0.1) is 11.6 Å². The van der Waals surface area contributed by atoms with Gasteiger partial charge in [-0.25, -0.2) is 5.43 Å². The number of hydrogen-bond donors (Lipinski definition) is 1. The number of hydrazone groups is 1. The first-order chi connectivity index (χ1) is 9.19. The molecule has 19 heavy (non-hydrogen) atoms. The monoisotopic (exact) mass is 276 g/mol. The van der Waals surface area contributed by atoms with Crippen molar-refractivity contribution in [3.63, 3.8) is 0 Å². The lowest BCUT2D eigenvalue weighted by Gasteiger charge is -2.20. The fourth-order valence-electron chi connectivity index (χ4n) is 2.07. The van der Waals surface area contributed by atoms with E-state index < -0.39 is 0 Å². The van der Waals surface area contributed by atoms with Gasteiger partial charge < -0.3 is 4.74 Å². The summed E-state index contributed by atoms with van der Waals surface area (Å²) in [4.78, 5) is 24.0. The van der Waals surface area contributed by atoms with E-state index in [0.717, 1.165) is 16.2 Å². The van der Waals surface area contributed by atoms with Gasteiger partial charge in [0.25, 0.3) is 0 Å². The maximum absolute atomic E-state index is 11.6. The van der Waals surface area contributed by atoms with Gasteiger partial charge in [0.1, 0.15) is 5.75 Å². The molecule has 1 unspecified atom stereocenters. The van der Waals surface area contributed by atoms with Crippen molar-refractivity contribution in [2.75, 3.05) is 5.75 Å². The molecule has 0 aliphatic carbocycles. The maximum atomic E-state index is 11.6. The van der Waals surface area contributed by atoms with Gasteiger partial charge in [-0.1, -0.05) is 6.92 Å². The van der Waals surface area contributed by atoms with Crippen LogP contribution >= 0.6 is 11.8 Å². The number of rotatable bonds is 2. The summed E-state index contributed by atoms with van der Waals surface area (Å²) < 4.78 is 5.20. The molecule has 0 saturated heterocycles. The Kier molecular flexibility index (Phi) is 3.02. The summed E-state index contributed by atoms with van der Waals surface area (Å²) in [7, 11) is 0. The Morgan fingerprint density at radius 3 is 3.21 bits per heavy atom. The minimum Gasteiger partial charge on any atom is -0.427 e. The lowest BCUT2D eigenvalue weighted by Crippen LogP contribution is -2.28. The Bertz CT molecular complexity index is 598. The second-order valence-electron chi connectivity index (χ2n) is 4.32. The normalized spacial score (nSPS) is 20.2. The van der Waals surface area contributed by atoms with Crippen LogP contribution in [0.3, 0.4) is 0 Å². The summed E-state index contributed by atoms with van der Waals surface area (Å²) in [5, 5.41) is 4.08. The molecule has 2 aliphatic rings. The van der Waals surface area contributed by atoms with Crippen LogP contribution in [0, 0.1) is 5.92 Å². The second-order valence-corrected chi connectivity index (χ2v) is 5.38. The summed E-state index contributed by atoms with van der Waals surface area (Å²) in [5.74, 6) is 0.654. The van der Waals surface area contributed by atoms with E-state index in [0.29, 0.717) is 17.9 Å². The molecule has 3 rings (SSSR count). The molecular formula is C13H12N2O3S. The largest absolute Gasteiger partial charge is 0.427 e. The predicted octanol–water partition coefficient (Wildman–Crippen LogP) is 1.56. The molecule has 1 N–H and O–H groups in total. The van der Waals surface area contributed by atoms with Gasteiger partial charge in [0.15, 0.2) is 0 Å². The fraction of sp³-hybridized carbons (Fsp3) is 0.308. The van der Waals surface area contributed by atoms with Gasteiger partial charge in [-0.05, 0) is 18.2 Å². The molecule has 0 bridgehead atoms. The average molecular weight is 276 g/mol. The summed E-state index contributed by atoms with van der Waals surface area (Å²) in [6.45, 7) is 1.75. The number of esters is 1. The van der Waals surface area contributed by atoms with Crippen LogP contribution in [0.4, 0.5) is 0 Å². The Morgan fingerprint density at radius 1 is 1.58 bits per heavy atom. The van der Waals surface area contributed by atoms with E-state index in [4.69, 9.17) is 4.74 Å². The fourth-order valence-corrected chi connectivity index (χ4v) is 3.21. The topological polar surface area (TPSA) is 67.8 Å². The number of ether oxygens (including phenoxy) is 1. The van der Waals surface area contributed by atoms with E-state index in [-0.39, 0.29) is 17.8 Å². The molecule has 0 fully saturated rings. The van der Waals surface area contributed by atoms with Gasteiger partial charge in [0.2, 0.25) is 5.91 Å². The molecule has 1 aromatic carbocycles. The van der Waals surface area contributed by atoms with Crippen LogP contribution in [0.15, 0.2) is 28.2 Å². The minimum atomic E-state index is -0.275. The number of carbonyl (C=O) groups excluding carboxylic acids is 2. The Hall–Kier alpha value is -1.82. The molecule has 6 heteroatoms. The van der Waals surface area contributed by atoms with Crippen molar-refractivity contribution in [1.29, 1.82) is 0 Å². The third-order valence-electron chi connectivity index (χ3n) is 3.09. The van der Waals surface area contributed by atoms with E-state index >= 15 is 0 Å². The highest BCUT2D eigenvalue weighted by atomic mass is 32.2. The van der Waals surface area contributed by atoms with E-state index in [1.807, 2.05) is 6.07 Å². The van der Waals surface area contributed by atoms with Gasteiger partial charge in [-0.3, -0.25) is 9.59 Å². The standard InChI is InChI=1S/C13H12N2O3S/c1-2-11(16)18-7-3-4-10-8(5-7)12-9(6-19-10)13(17)15-14-12/h3-5,9H,2,6H2,1H3,(H,15,17). The Labute approximate surface area is 114 Å². The molecule has 2 aliphatic heterocycles. The summed E-state index contributed by atoms with van der Waals surface area (Å²) >= 11 is 1.62. The van der Waals surface area contributed by atoms with E-state index in [9.17, 15) is 9.59 Å². The van der Waals surface area contributed by atoms with Crippen LogP contribution in [-0.4, -0.2) is 23.3 Å². The first-order valence-corrected chi connectivity index (χ1v) is 7.03. The van der Waals surface area contributed by atoms with Gasteiger partial charge in [-0.2, -0.15) is 5.10 Å². The van der Waals surface area contributed by atoms with Crippen LogP contribution in [0.5, 0.6) is 5.75 Å². The summed E-state index contributed by atoms with van der Waals surface area (Å²) in [5.41, 5.74) is 4.12. The van der Waals surface area contributed by atoms with Gasteiger partial charge in [-0.15, -0.1) is 11.8 Å². The summed E-state index contributed by atoms with van der Waals surface area (Å²) in [6, 6.07) is 5.45. The van der Waals surface area contributed by atoms with Gasteiger partial charge >= 0.3 is 5.97 Å². The third-order valence-corrected chi connectivity index (χ3v) is 4.25. The average Bonchev–Trinajstić information content (AvgIpc) is 2.80. The summed E-state index contributed by atoms with van der Waals surface area (Å²) in [6.07, 6.45) is 0.329. The number of carbonyl (C=O) groups is 2. The van der Waals surface area contributed by atoms with Crippen molar-refractivity contribution >= 4 is 29.4 Å². The van der Waals surface area contributed by atoms with Gasteiger partial charge in [0, 0.05) is 22.6 Å². The molecular weight excluding hydrogens is 264 g/mol. The maximum Gasteiger partial charge on any atom is 0.310 e. The van der Waals surface area contributed by atoms with Crippen molar-refractivity contribution in [2.45, 2.75) is 18.2 Å². The third kappa shape index (κ3) is 2.12. The highest BCUT2D eigenvalue weighted by Crippen LogP contribution is 2.36. The Morgan fingerprint density at radius 2 is 2.42 bits per heavy atom. The van der Waals surface area contributed by atoms with E-state index in [1.54, 1.807) is 30.8 Å². The number of hydrogen-bond acceptors (Lipinski definition) is 5. The second kappa shape index (κ2) is 4.70. The zero-order chi connectivity index (χ0) is 13.4. The van der Waals surface area contributed by atoms with Crippen molar-refractivity contribution in [2.24, 2.45) is 11.0 Å². The van der Waals surface area contributed by atoms with Crippen LogP contribution in [0.2, 0.25) is 0 Å². The first kappa shape index (κ1) is 12.2. The minimum absolute atomic E-state index is 0.0656. The number of thioether (sulfide) groups is 1. The first-order valence-electron chi connectivity index (χ1n) is 6.04. The quantitative estimate of drug-likeness (QED) is 0.657. The molecule has 5 nitrogen and oxygen atoms in total. The lowest BCUT2D eigenvalue weighted by atomic mass is 9.98. The van der Waals surface area contributed by atoms with E-state index in [1.165, 1.54) is 0 Å². The molecule has 1 amide bonds. The molecule has 0 saturated carbocycles. The molecule has 98 valence electrons. The molecule has 1 aromatic rings. The molecule has 0 aromatic heterocycles. The van der Waals surface area contributed by atoms with Crippen LogP contribution in [0.25, 0.3) is 0 Å². The highest BCUT2D eigenvalue weighted by molar-refractivity contribution is 7.99. The Balaban J connectivity index is 1.95. The lowest BCUT2D eigenvalue weighted by molar-refractivity contribution is -0.134. The van der Waals surface area contributed by atoms with Crippen molar-refractivity contribution in [3.8, 4) is 5.75 Å². The molecule has 2 heterocycles. The highest BCUT2D eigenvalue weighted by Gasteiger charge is 2.35. The zero-order valence-corrected chi connectivity index (χ0v) is 11.1. The number of fused-ring (bicyclic) bond motifs is 3. The zero-order valence-electron chi connectivity index (χ0n) is 10.3. The molecule has 1 atom stereocenters. The molecule has 0 spiro atoms. The SMILES string of the molecule is CCC(=O)Oc1ccc2c(c1)C1=NNC(=O)C1CS2. The number of benzene rings is 1. The van der Waals surface area contributed by atoms with Crippen molar-refractivity contribution in [3.05, 3.63) is 23.8 Å². The van der Waals surface area contributed by atoms with Crippen molar-refractivity contribution < 1.29 is 14.3 Å². The predicted molar refractivity (Wildman–Crippen MR) is 71.3 cm³/mol. The van der Waals surface area contributed by atoms with Crippen LogP contribution in [-0.2, 0) is 9.59 Å². The smallest absolute Gasteiger partial charge is 0.310 e. The molecule has 0 radical (unpaired) electrons. The van der Waals surface area contributed by atoms with E-state index in [2.05, 4.69) is 10.5 Å². The number of nitrogens with zero attached hydrogens (tertiary/aromatic N) is 1. The number of amides is 1. The van der Waals surface area contributed by atoms with Crippen LogP contribution in [0.1, 0.15) is 18.9 Å². The van der Waals surface area contributed by atoms with Crippen molar-refractivity contribution in [1.82, 2.24) is 5.43 Å². The van der Waals surface area contributed by atoms with Crippen LogP contribution < -0.4 is 10.2 Å². The number of nitrogens with one attached hydrogen (secondary N) is 1.